The Morgan fingerprint density at radius 3 is 3.00 bits per heavy atom. The van der Waals surface area contributed by atoms with E-state index in [4.69, 9.17) is 9.47 Å². The average molecular weight is 276 g/mol. The number of fused-ring (bicyclic) bond motifs is 1. The Kier molecular flexibility index (Phi) is 3.66. The van der Waals surface area contributed by atoms with Crippen LogP contribution in [0.3, 0.4) is 0 Å². The van der Waals surface area contributed by atoms with Crippen LogP contribution in [0.5, 0.6) is 11.5 Å². The van der Waals surface area contributed by atoms with Crippen LogP contribution in [0.25, 0.3) is 0 Å². The van der Waals surface area contributed by atoms with Gasteiger partial charge in [0.25, 0.3) is 0 Å². The van der Waals surface area contributed by atoms with Gasteiger partial charge >= 0.3 is 0 Å². The fourth-order valence-corrected chi connectivity index (χ4v) is 2.63. The number of ether oxygens (including phenoxy) is 2. The van der Waals surface area contributed by atoms with Crippen LogP contribution < -0.4 is 14.8 Å². The van der Waals surface area contributed by atoms with Gasteiger partial charge < -0.3 is 14.8 Å². The van der Waals surface area contributed by atoms with Crippen LogP contribution in [0.1, 0.15) is 10.7 Å². The Morgan fingerprint density at radius 1 is 1.37 bits per heavy atom. The van der Waals surface area contributed by atoms with E-state index in [0.717, 1.165) is 35.3 Å². The van der Waals surface area contributed by atoms with Gasteiger partial charge in [0.15, 0.2) is 11.5 Å². The van der Waals surface area contributed by atoms with Crippen molar-refractivity contribution >= 4 is 11.3 Å². The Labute approximate surface area is 116 Å². The number of para-hydroxylation sites is 2. The van der Waals surface area contributed by atoms with Crippen molar-refractivity contribution in [3.8, 4) is 11.5 Å². The molecule has 5 heteroatoms. The lowest BCUT2D eigenvalue weighted by molar-refractivity contribution is 0.0901. The van der Waals surface area contributed by atoms with E-state index in [0.29, 0.717) is 6.61 Å². The smallest absolute Gasteiger partial charge is 0.161 e. The summed E-state index contributed by atoms with van der Waals surface area (Å²) >= 11 is 1.67. The predicted octanol–water partition coefficient (Wildman–Crippen LogP) is 2.38. The lowest BCUT2D eigenvalue weighted by Gasteiger charge is -2.26. The summed E-state index contributed by atoms with van der Waals surface area (Å²) < 4.78 is 11.5. The van der Waals surface area contributed by atoms with Gasteiger partial charge in [-0.1, -0.05) is 12.1 Å². The standard InChI is InChI=1S/C14H16N2O2S/c1-10-16-11(9-19-10)6-15-7-12-8-17-13-4-2-3-5-14(13)18-12/h2-5,9,12,15H,6-8H2,1H3. The number of rotatable bonds is 4. The van der Waals surface area contributed by atoms with Crippen molar-refractivity contribution in [1.82, 2.24) is 10.3 Å². The first-order chi connectivity index (χ1) is 9.31. The zero-order valence-corrected chi connectivity index (χ0v) is 11.6. The first kappa shape index (κ1) is 12.4. The average Bonchev–Trinajstić information content (AvgIpc) is 2.84. The number of benzene rings is 1. The van der Waals surface area contributed by atoms with E-state index in [-0.39, 0.29) is 6.10 Å². The fourth-order valence-electron chi connectivity index (χ4n) is 2.01. The van der Waals surface area contributed by atoms with Crippen molar-refractivity contribution in [2.75, 3.05) is 13.2 Å². The second kappa shape index (κ2) is 5.59. The molecule has 4 nitrogen and oxygen atoms in total. The molecule has 19 heavy (non-hydrogen) atoms. The SMILES string of the molecule is Cc1nc(CNCC2COc3ccccc3O2)cs1. The van der Waals surface area contributed by atoms with Gasteiger partial charge in [0.2, 0.25) is 0 Å². The number of nitrogens with one attached hydrogen (secondary N) is 1. The molecule has 0 bridgehead atoms. The minimum Gasteiger partial charge on any atom is -0.486 e. The van der Waals surface area contributed by atoms with Crippen LogP contribution in [0.2, 0.25) is 0 Å². The number of nitrogens with zero attached hydrogens (tertiary/aromatic N) is 1. The Morgan fingerprint density at radius 2 is 2.21 bits per heavy atom. The lowest BCUT2D eigenvalue weighted by Crippen LogP contribution is -2.38. The van der Waals surface area contributed by atoms with Crippen LogP contribution in [-0.2, 0) is 6.54 Å². The van der Waals surface area contributed by atoms with Crippen LogP contribution in [0.15, 0.2) is 29.6 Å². The Balaban J connectivity index is 1.50. The van der Waals surface area contributed by atoms with Crippen molar-refractivity contribution in [3.63, 3.8) is 0 Å². The van der Waals surface area contributed by atoms with Gasteiger partial charge in [-0.3, -0.25) is 0 Å². The molecule has 1 atom stereocenters. The molecule has 2 aromatic rings. The van der Waals surface area contributed by atoms with E-state index in [1.54, 1.807) is 11.3 Å². The number of aromatic nitrogens is 1. The molecule has 1 aliphatic rings. The second-order valence-corrected chi connectivity index (χ2v) is 5.55. The van der Waals surface area contributed by atoms with Crippen molar-refractivity contribution in [2.45, 2.75) is 19.6 Å². The molecule has 1 aromatic carbocycles. The highest BCUT2D eigenvalue weighted by molar-refractivity contribution is 7.09. The van der Waals surface area contributed by atoms with E-state index >= 15 is 0 Å². The summed E-state index contributed by atoms with van der Waals surface area (Å²) in [7, 11) is 0. The lowest BCUT2D eigenvalue weighted by atomic mass is 10.2. The van der Waals surface area contributed by atoms with Crippen molar-refractivity contribution < 1.29 is 9.47 Å². The van der Waals surface area contributed by atoms with Crippen molar-refractivity contribution in [1.29, 1.82) is 0 Å². The Hall–Kier alpha value is -1.59. The number of hydrogen-bond acceptors (Lipinski definition) is 5. The fraction of sp³-hybridized carbons (Fsp3) is 0.357. The first-order valence-corrected chi connectivity index (χ1v) is 7.19. The molecule has 0 aliphatic carbocycles. The summed E-state index contributed by atoms with van der Waals surface area (Å²) in [5.74, 6) is 1.65. The third-order valence-electron chi connectivity index (χ3n) is 2.91. The second-order valence-electron chi connectivity index (χ2n) is 4.49. The van der Waals surface area contributed by atoms with E-state index < -0.39 is 0 Å². The molecule has 0 spiro atoms. The molecular weight excluding hydrogens is 260 g/mol. The van der Waals surface area contributed by atoms with E-state index in [2.05, 4.69) is 15.7 Å². The molecule has 1 unspecified atom stereocenters. The van der Waals surface area contributed by atoms with Crippen LogP contribution in [0, 0.1) is 6.92 Å². The molecule has 1 aromatic heterocycles. The summed E-state index contributed by atoms with van der Waals surface area (Å²) in [6.07, 6.45) is 0.0506. The maximum atomic E-state index is 5.87. The molecule has 0 saturated carbocycles. The van der Waals surface area contributed by atoms with Crippen LogP contribution in [-0.4, -0.2) is 24.2 Å². The predicted molar refractivity (Wildman–Crippen MR) is 74.9 cm³/mol. The van der Waals surface area contributed by atoms with Gasteiger partial charge in [0.1, 0.15) is 12.7 Å². The van der Waals surface area contributed by atoms with Crippen molar-refractivity contribution in [2.24, 2.45) is 0 Å². The highest BCUT2D eigenvalue weighted by atomic mass is 32.1. The molecule has 0 saturated heterocycles. The summed E-state index contributed by atoms with van der Waals surface area (Å²) in [5, 5.41) is 6.53. The maximum absolute atomic E-state index is 5.87. The quantitative estimate of drug-likeness (QED) is 0.931. The topological polar surface area (TPSA) is 43.4 Å². The first-order valence-electron chi connectivity index (χ1n) is 6.31. The molecule has 0 fully saturated rings. The molecule has 0 radical (unpaired) electrons. The van der Waals surface area contributed by atoms with Gasteiger partial charge in [-0.15, -0.1) is 11.3 Å². The monoisotopic (exact) mass is 276 g/mol. The maximum Gasteiger partial charge on any atom is 0.161 e. The molecule has 100 valence electrons. The number of aryl methyl sites for hydroxylation is 1. The minimum atomic E-state index is 0.0506. The summed E-state index contributed by atoms with van der Waals surface area (Å²) in [6.45, 7) is 4.13. The van der Waals surface area contributed by atoms with Gasteiger partial charge in [0, 0.05) is 18.5 Å². The highest BCUT2D eigenvalue weighted by Crippen LogP contribution is 2.30. The molecule has 3 rings (SSSR count). The van der Waals surface area contributed by atoms with Gasteiger partial charge in [-0.25, -0.2) is 4.98 Å². The third kappa shape index (κ3) is 3.05. The van der Waals surface area contributed by atoms with Gasteiger partial charge in [-0.05, 0) is 19.1 Å². The minimum absolute atomic E-state index is 0.0506. The molecule has 0 amide bonds. The van der Waals surface area contributed by atoms with Crippen LogP contribution in [0.4, 0.5) is 0 Å². The Bertz CT molecular complexity index is 556. The third-order valence-corrected chi connectivity index (χ3v) is 3.73. The van der Waals surface area contributed by atoms with E-state index in [9.17, 15) is 0 Å². The van der Waals surface area contributed by atoms with Gasteiger partial charge in [0.05, 0.1) is 10.7 Å². The largest absolute Gasteiger partial charge is 0.486 e. The number of hydrogen-bond donors (Lipinski definition) is 1. The summed E-state index contributed by atoms with van der Waals surface area (Å²) in [5.41, 5.74) is 1.08. The van der Waals surface area contributed by atoms with E-state index in [1.807, 2.05) is 31.2 Å². The molecule has 1 aliphatic heterocycles. The van der Waals surface area contributed by atoms with Gasteiger partial charge in [-0.2, -0.15) is 0 Å². The normalized spacial score (nSPS) is 17.4. The summed E-state index contributed by atoms with van der Waals surface area (Å²) in [4.78, 5) is 4.41. The zero-order chi connectivity index (χ0) is 13.1. The number of thiazole rings is 1. The zero-order valence-electron chi connectivity index (χ0n) is 10.8. The van der Waals surface area contributed by atoms with E-state index in [1.165, 1.54) is 0 Å². The van der Waals surface area contributed by atoms with Crippen molar-refractivity contribution in [3.05, 3.63) is 40.3 Å². The molecular formula is C14H16N2O2S. The highest BCUT2D eigenvalue weighted by Gasteiger charge is 2.19. The van der Waals surface area contributed by atoms with Crippen LogP contribution >= 0.6 is 11.3 Å². The molecule has 2 heterocycles. The summed E-state index contributed by atoms with van der Waals surface area (Å²) in [6, 6.07) is 7.77. The molecule has 1 N–H and O–H groups in total.